The van der Waals surface area contributed by atoms with Crippen molar-refractivity contribution in [3.63, 3.8) is 0 Å². The van der Waals surface area contributed by atoms with Gasteiger partial charge in [0.1, 0.15) is 0 Å². The molecule has 66 valence electrons. The van der Waals surface area contributed by atoms with E-state index in [0.717, 1.165) is 0 Å². The summed E-state index contributed by atoms with van der Waals surface area (Å²) in [5, 5.41) is 0. The average Bonchev–Trinajstić information content (AvgIpc) is 2.49. The van der Waals surface area contributed by atoms with E-state index in [-0.39, 0.29) is 12.0 Å². The van der Waals surface area contributed by atoms with Gasteiger partial charge in [-0.05, 0) is 25.0 Å². The third-order valence-electron chi connectivity index (χ3n) is 1.96. The molecule has 0 aromatic heterocycles. The average molecular weight is 166 g/mol. The summed E-state index contributed by atoms with van der Waals surface area (Å²) in [7, 11) is 0. The number of hydrogen-bond acceptors (Lipinski definition) is 2. The van der Waals surface area contributed by atoms with E-state index in [9.17, 15) is 0 Å². The molecule has 1 saturated heterocycles. The Morgan fingerprint density at radius 2 is 2.17 bits per heavy atom. The molecule has 1 aliphatic rings. The molecule has 2 atom stereocenters. The lowest BCUT2D eigenvalue weighted by Crippen LogP contribution is -2.26. The maximum Gasteiger partial charge on any atom is 0.207 e. The lowest BCUT2D eigenvalue weighted by molar-refractivity contribution is -0.0929. The smallest absolute Gasteiger partial charge is 0.207 e. The van der Waals surface area contributed by atoms with Crippen LogP contribution in [0.25, 0.3) is 0 Å². The standard InChI is InChI=1S/C10H14O2/c1-5-10(6-2)11-7-9(12-10)8(3)4/h3,5-6,8-9H,1-2,7H2,4H3. The zero-order valence-corrected chi connectivity index (χ0v) is 7.32. The summed E-state index contributed by atoms with van der Waals surface area (Å²) in [6.07, 6.45) is 3.10. The lowest BCUT2D eigenvalue weighted by Gasteiger charge is -2.20. The molecule has 0 aromatic rings. The third kappa shape index (κ3) is 1.59. The maximum atomic E-state index is 5.65. The Morgan fingerprint density at radius 1 is 1.58 bits per heavy atom. The first-order chi connectivity index (χ1) is 5.63. The van der Waals surface area contributed by atoms with Crippen LogP contribution in [-0.4, -0.2) is 18.5 Å². The molecule has 0 aromatic carbocycles. The largest absolute Gasteiger partial charge is 0.340 e. The van der Waals surface area contributed by atoms with Gasteiger partial charge in [0.05, 0.1) is 12.7 Å². The quantitative estimate of drug-likeness (QED) is 0.595. The van der Waals surface area contributed by atoms with E-state index in [1.807, 2.05) is 6.92 Å². The van der Waals surface area contributed by atoms with Gasteiger partial charge in [-0.25, -0.2) is 0 Å². The number of ether oxygens (including phenoxy) is 2. The molecule has 0 bridgehead atoms. The molecular weight excluding hydrogens is 152 g/mol. The topological polar surface area (TPSA) is 18.5 Å². The van der Waals surface area contributed by atoms with Crippen molar-refractivity contribution >= 4 is 0 Å². The Bertz CT molecular complexity index is 176. The first kappa shape index (κ1) is 9.49. The van der Waals surface area contributed by atoms with Crippen LogP contribution in [0.3, 0.4) is 0 Å². The molecule has 2 unspecified atom stereocenters. The van der Waals surface area contributed by atoms with Crippen LogP contribution in [0.1, 0.15) is 6.92 Å². The highest BCUT2D eigenvalue weighted by atomic mass is 16.7. The molecule has 0 amide bonds. The van der Waals surface area contributed by atoms with Crippen LogP contribution in [0.5, 0.6) is 0 Å². The number of hydrogen-bond donors (Lipinski definition) is 0. The van der Waals surface area contributed by atoms with Crippen LogP contribution in [0.15, 0.2) is 25.3 Å². The molecule has 0 aliphatic carbocycles. The molecule has 1 aliphatic heterocycles. The van der Waals surface area contributed by atoms with Crippen LogP contribution in [0.2, 0.25) is 0 Å². The molecule has 2 nitrogen and oxygen atoms in total. The van der Waals surface area contributed by atoms with Gasteiger partial charge in [-0.3, -0.25) is 0 Å². The van der Waals surface area contributed by atoms with E-state index in [1.165, 1.54) is 0 Å². The van der Waals surface area contributed by atoms with Gasteiger partial charge in [0.15, 0.2) is 0 Å². The molecule has 0 saturated carbocycles. The molecule has 1 rings (SSSR count). The van der Waals surface area contributed by atoms with Crippen LogP contribution in [-0.2, 0) is 9.47 Å². The summed E-state index contributed by atoms with van der Waals surface area (Å²) < 4.78 is 10.9. The van der Waals surface area contributed by atoms with Gasteiger partial charge < -0.3 is 9.47 Å². The highest BCUT2D eigenvalue weighted by Crippen LogP contribution is 2.28. The van der Waals surface area contributed by atoms with Crippen molar-refractivity contribution in [2.24, 2.45) is 5.92 Å². The molecule has 1 heterocycles. The van der Waals surface area contributed by atoms with Gasteiger partial charge in [-0.2, -0.15) is 0 Å². The van der Waals surface area contributed by atoms with Crippen LogP contribution in [0.4, 0.5) is 0 Å². The molecule has 0 spiro atoms. The van der Waals surface area contributed by atoms with E-state index in [0.29, 0.717) is 6.61 Å². The summed E-state index contributed by atoms with van der Waals surface area (Å²) in [4.78, 5) is 0. The van der Waals surface area contributed by atoms with Crippen LogP contribution < -0.4 is 0 Å². The normalized spacial score (nSPS) is 27.4. The van der Waals surface area contributed by atoms with Gasteiger partial charge in [-0.1, -0.05) is 20.1 Å². The van der Waals surface area contributed by atoms with E-state index >= 15 is 0 Å². The fourth-order valence-corrected chi connectivity index (χ4v) is 1.07. The summed E-state index contributed by atoms with van der Waals surface area (Å²) >= 11 is 0. The summed E-state index contributed by atoms with van der Waals surface area (Å²) in [6.45, 7) is 15.3. The van der Waals surface area contributed by atoms with Crippen molar-refractivity contribution in [2.45, 2.75) is 18.8 Å². The lowest BCUT2D eigenvalue weighted by atomic mass is 10.1. The van der Waals surface area contributed by atoms with Crippen molar-refractivity contribution in [3.8, 4) is 0 Å². The minimum Gasteiger partial charge on any atom is -0.340 e. The van der Waals surface area contributed by atoms with E-state index < -0.39 is 5.79 Å². The predicted octanol–water partition coefficient (Wildman–Crippen LogP) is 1.82. The fourth-order valence-electron chi connectivity index (χ4n) is 1.07. The van der Waals surface area contributed by atoms with Crippen LogP contribution in [0, 0.1) is 12.8 Å². The Labute approximate surface area is 73.9 Å². The minimum atomic E-state index is -0.821. The van der Waals surface area contributed by atoms with Crippen molar-refractivity contribution < 1.29 is 9.47 Å². The van der Waals surface area contributed by atoms with Crippen LogP contribution >= 0.6 is 0 Å². The SMILES string of the molecule is [CH]C(C)C1COC(C=C)(C=C)O1. The highest BCUT2D eigenvalue weighted by Gasteiger charge is 2.37. The molecule has 2 heteroatoms. The van der Waals surface area contributed by atoms with Crippen molar-refractivity contribution in [1.82, 2.24) is 0 Å². The Hall–Kier alpha value is -0.600. The Morgan fingerprint density at radius 3 is 2.42 bits per heavy atom. The molecule has 1 fully saturated rings. The van der Waals surface area contributed by atoms with Gasteiger partial charge in [-0.15, -0.1) is 0 Å². The second-order valence-electron chi connectivity index (χ2n) is 2.96. The Balaban J connectivity index is 2.64. The predicted molar refractivity (Wildman–Crippen MR) is 47.4 cm³/mol. The van der Waals surface area contributed by atoms with Gasteiger partial charge in [0, 0.05) is 0 Å². The van der Waals surface area contributed by atoms with Crippen molar-refractivity contribution in [3.05, 3.63) is 32.2 Å². The van der Waals surface area contributed by atoms with Crippen molar-refractivity contribution in [1.29, 1.82) is 0 Å². The van der Waals surface area contributed by atoms with E-state index in [2.05, 4.69) is 13.2 Å². The maximum absolute atomic E-state index is 5.65. The summed E-state index contributed by atoms with van der Waals surface area (Å²) in [5.41, 5.74) is 0. The second kappa shape index (κ2) is 3.42. The molecule has 0 N–H and O–H groups in total. The molecule has 12 heavy (non-hydrogen) atoms. The first-order valence-corrected chi connectivity index (χ1v) is 3.98. The fraction of sp³-hybridized carbons (Fsp3) is 0.500. The monoisotopic (exact) mass is 166 g/mol. The van der Waals surface area contributed by atoms with E-state index in [1.54, 1.807) is 12.2 Å². The first-order valence-electron chi connectivity index (χ1n) is 3.98. The second-order valence-corrected chi connectivity index (χ2v) is 2.96. The van der Waals surface area contributed by atoms with Gasteiger partial charge in [0.2, 0.25) is 5.79 Å². The van der Waals surface area contributed by atoms with Crippen molar-refractivity contribution in [2.75, 3.05) is 6.61 Å². The summed E-state index contributed by atoms with van der Waals surface area (Å²) in [5.74, 6) is -0.857. The Kier molecular flexibility index (Phi) is 2.70. The summed E-state index contributed by atoms with van der Waals surface area (Å²) in [6, 6.07) is 0. The molecular formula is C10H14O2. The number of rotatable bonds is 3. The van der Waals surface area contributed by atoms with E-state index in [4.69, 9.17) is 16.4 Å². The molecule has 2 radical (unpaired) electrons. The van der Waals surface area contributed by atoms with Gasteiger partial charge >= 0.3 is 0 Å². The van der Waals surface area contributed by atoms with Gasteiger partial charge in [0.25, 0.3) is 0 Å². The third-order valence-corrected chi connectivity index (χ3v) is 1.96. The zero-order chi connectivity index (χ0) is 9.19. The highest BCUT2D eigenvalue weighted by molar-refractivity contribution is 5.06. The minimum absolute atomic E-state index is 0.0354. The zero-order valence-electron chi connectivity index (χ0n) is 7.32.